The summed E-state index contributed by atoms with van der Waals surface area (Å²) in [5.74, 6) is 0.347. The Morgan fingerprint density at radius 1 is 1.44 bits per heavy atom. The molecule has 16 heavy (non-hydrogen) atoms. The Hall–Kier alpha value is -1.03. The fourth-order valence-corrected chi connectivity index (χ4v) is 1.62. The number of hydrogen-bond acceptors (Lipinski definition) is 3. The van der Waals surface area contributed by atoms with Gasteiger partial charge in [-0.1, -0.05) is 28.9 Å². The van der Waals surface area contributed by atoms with Gasteiger partial charge in [-0.2, -0.15) is 0 Å². The molecule has 0 spiro atoms. The molecule has 0 saturated heterocycles. The van der Waals surface area contributed by atoms with Crippen LogP contribution in [0.4, 0.5) is 0 Å². The van der Waals surface area contributed by atoms with E-state index >= 15 is 0 Å². The molecule has 1 unspecified atom stereocenters. The SMILES string of the molecule is CCOC(=O)C(CC)Oc1cccc(Br)c1. The van der Waals surface area contributed by atoms with Crippen LogP contribution in [-0.2, 0) is 9.53 Å². The van der Waals surface area contributed by atoms with Gasteiger partial charge in [-0.3, -0.25) is 0 Å². The van der Waals surface area contributed by atoms with Crippen LogP contribution in [0.15, 0.2) is 28.7 Å². The normalized spacial score (nSPS) is 11.9. The minimum Gasteiger partial charge on any atom is -0.479 e. The standard InChI is InChI=1S/C12H15BrO3/c1-3-11(12(14)15-4-2)16-10-7-5-6-9(13)8-10/h5-8,11H,3-4H2,1-2H3. The highest BCUT2D eigenvalue weighted by Crippen LogP contribution is 2.19. The third kappa shape index (κ3) is 3.85. The molecule has 3 nitrogen and oxygen atoms in total. The van der Waals surface area contributed by atoms with Gasteiger partial charge in [0.25, 0.3) is 0 Å². The van der Waals surface area contributed by atoms with Crippen LogP contribution in [0.25, 0.3) is 0 Å². The summed E-state index contributed by atoms with van der Waals surface area (Å²) in [5.41, 5.74) is 0. The largest absolute Gasteiger partial charge is 0.479 e. The van der Waals surface area contributed by atoms with E-state index in [0.717, 1.165) is 4.47 Å². The molecule has 88 valence electrons. The fourth-order valence-electron chi connectivity index (χ4n) is 1.24. The summed E-state index contributed by atoms with van der Waals surface area (Å²) in [7, 11) is 0. The van der Waals surface area contributed by atoms with Crippen molar-refractivity contribution in [2.24, 2.45) is 0 Å². The van der Waals surface area contributed by atoms with Crippen molar-refractivity contribution >= 4 is 21.9 Å². The lowest BCUT2D eigenvalue weighted by molar-refractivity contribution is -0.151. The summed E-state index contributed by atoms with van der Waals surface area (Å²) in [6.45, 7) is 4.04. The van der Waals surface area contributed by atoms with Gasteiger partial charge in [0, 0.05) is 4.47 Å². The highest BCUT2D eigenvalue weighted by Gasteiger charge is 2.19. The van der Waals surface area contributed by atoms with Crippen molar-refractivity contribution in [1.29, 1.82) is 0 Å². The zero-order chi connectivity index (χ0) is 12.0. The lowest BCUT2D eigenvalue weighted by Gasteiger charge is -2.15. The maximum Gasteiger partial charge on any atom is 0.347 e. The first-order valence-electron chi connectivity index (χ1n) is 5.26. The summed E-state index contributed by atoms with van der Waals surface area (Å²) < 4.78 is 11.4. The summed E-state index contributed by atoms with van der Waals surface area (Å²) in [6.07, 6.45) is 0.0555. The van der Waals surface area contributed by atoms with E-state index in [1.54, 1.807) is 6.92 Å². The number of halogens is 1. The van der Waals surface area contributed by atoms with Crippen LogP contribution < -0.4 is 4.74 Å². The Morgan fingerprint density at radius 3 is 2.75 bits per heavy atom. The average molecular weight is 287 g/mol. The number of rotatable bonds is 5. The quantitative estimate of drug-likeness (QED) is 0.780. The maximum atomic E-state index is 11.5. The molecule has 0 heterocycles. The first-order chi connectivity index (χ1) is 7.67. The van der Waals surface area contributed by atoms with Gasteiger partial charge in [-0.05, 0) is 31.5 Å². The highest BCUT2D eigenvalue weighted by atomic mass is 79.9. The zero-order valence-electron chi connectivity index (χ0n) is 9.40. The number of benzene rings is 1. The zero-order valence-corrected chi connectivity index (χ0v) is 11.0. The summed E-state index contributed by atoms with van der Waals surface area (Å²) in [4.78, 5) is 11.5. The molecule has 0 radical (unpaired) electrons. The van der Waals surface area contributed by atoms with Crippen molar-refractivity contribution in [3.05, 3.63) is 28.7 Å². The van der Waals surface area contributed by atoms with E-state index in [1.807, 2.05) is 31.2 Å². The van der Waals surface area contributed by atoms with E-state index in [4.69, 9.17) is 9.47 Å². The van der Waals surface area contributed by atoms with Gasteiger partial charge >= 0.3 is 5.97 Å². The van der Waals surface area contributed by atoms with Gasteiger partial charge < -0.3 is 9.47 Å². The smallest absolute Gasteiger partial charge is 0.347 e. The topological polar surface area (TPSA) is 35.5 Å². The second-order valence-electron chi connectivity index (χ2n) is 3.22. The predicted molar refractivity (Wildman–Crippen MR) is 65.5 cm³/mol. The molecule has 0 amide bonds. The van der Waals surface area contributed by atoms with E-state index in [0.29, 0.717) is 18.8 Å². The average Bonchev–Trinajstić information content (AvgIpc) is 2.26. The van der Waals surface area contributed by atoms with E-state index in [2.05, 4.69) is 15.9 Å². The number of hydrogen-bond donors (Lipinski definition) is 0. The Balaban J connectivity index is 2.66. The summed E-state index contributed by atoms with van der Waals surface area (Å²) in [5, 5.41) is 0. The first kappa shape index (κ1) is 13.0. The van der Waals surface area contributed by atoms with Gasteiger partial charge in [0.2, 0.25) is 0 Å². The molecular formula is C12H15BrO3. The van der Waals surface area contributed by atoms with Gasteiger partial charge in [0.05, 0.1) is 6.61 Å². The van der Waals surface area contributed by atoms with Gasteiger partial charge in [-0.15, -0.1) is 0 Å². The molecule has 0 aliphatic carbocycles. The molecule has 0 bridgehead atoms. The lowest BCUT2D eigenvalue weighted by atomic mass is 10.2. The van der Waals surface area contributed by atoms with Crippen LogP contribution in [0.3, 0.4) is 0 Å². The van der Waals surface area contributed by atoms with Crippen LogP contribution in [0.2, 0.25) is 0 Å². The van der Waals surface area contributed by atoms with Gasteiger partial charge in [0.1, 0.15) is 5.75 Å². The van der Waals surface area contributed by atoms with Crippen molar-refractivity contribution in [3.63, 3.8) is 0 Å². The molecule has 4 heteroatoms. The van der Waals surface area contributed by atoms with Gasteiger partial charge in [-0.25, -0.2) is 4.79 Å². The Labute approximate surface area is 104 Å². The van der Waals surface area contributed by atoms with E-state index in [-0.39, 0.29) is 5.97 Å². The number of esters is 1. The van der Waals surface area contributed by atoms with Crippen LogP contribution in [0.1, 0.15) is 20.3 Å². The van der Waals surface area contributed by atoms with Crippen LogP contribution >= 0.6 is 15.9 Å². The number of carbonyl (C=O) groups excluding carboxylic acids is 1. The first-order valence-corrected chi connectivity index (χ1v) is 6.05. The minimum absolute atomic E-state index is 0.315. The minimum atomic E-state index is -0.533. The van der Waals surface area contributed by atoms with Crippen LogP contribution in [-0.4, -0.2) is 18.7 Å². The van der Waals surface area contributed by atoms with E-state index < -0.39 is 6.10 Å². The summed E-state index contributed by atoms with van der Waals surface area (Å²) >= 11 is 3.35. The molecule has 1 aromatic rings. The molecule has 0 saturated carbocycles. The van der Waals surface area contributed by atoms with Crippen molar-refractivity contribution < 1.29 is 14.3 Å². The second kappa shape index (κ2) is 6.53. The molecule has 0 aliphatic rings. The molecule has 1 atom stereocenters. The Kier molecular flexibility index (Phi) is 5.32. The van der Waals surface area contributed by atoms with Crippen molar-refractivity contribution in [2.75, 3.05) is 6.61 Å². The number of carbonyl (C=O) groups is 1. The van der Waals surface area contributed by atoms with E-state index in [1.165, 1.54) is 0 Å². The molecule has 0 N–H and O–H groups in total. The molecular weight excluding hydrogens is 272 g/mol. The third-order valence-corrected chi connectivity index (χ3v) is 2.49. The van der Waals surface area contributed by atoms with Crippen molar-refractivity contribution in [3.8, 4) is 5.75 Å². The highest BCUT2D eigenvalue weighted by molar-refractivity contribution is 9.10. The molecule has 1 aromatic carbocycles. The lowest BCUT2D eigenvalue weighted by Crippen LogP contribution is -2.28. The monoisotopic (exact) mass is 286 g/mol. The molecule has 0 aliphatic heterocycles. The van der Waals surface area contributed by atoms with Crippen LogP contribution in [0.5, 0.6) is 5.75 Å². The van der Waals surface area contributed by atoms with Crippen molar-refractivity contribution in [2.45, 2.75) is 26.4 Å². The third-order valence-electron chi connectivity index (χ3n) is 1.99. The Morgan fingerprint density at radius 2 is 2.19 bits per heavy atom. The van der Waals surface area contributed by atoms with Crippen LogP contribution in [0, 0.1) is 0 Å². The molecule has 1 rings (SSSR count). The van der Waals surface area contributed by atoms with Crippen molar-refractivity contribution in [1.82, 2.24) is 0 Å². The summed E-state index contributed by atoms with van der Waals surface area (Å²) in [6, 6.07) is 7.39. The fraction of sp³-hybridized carbons (Fsp3) is 0.417. The second-order valence-corrected chi connectivity index (χ2v) is 4.14. The maximum absolute atomic E-state index is 11.5. The Bertz CT molecular complexity index is 352. The molecule has 0 fully saturated rings. The van der Waals surface area contributed by atoms with Gasteiger partial charge in [0.15, 0.2) is 6.10 Å². The van der Waals surface area contributed by atoms with E-state index in [9.17, 15) is 4.79 Å². The molecule has 0 aromatic heterocycles. The predicted octanol–water partition coefficient (Wildman–Crippen LogP) is 3.17. The number of ether oxygens (including phenoxy) is 2.